The van der Waals surface area contributed by atoms with Gasteiger partial charge in [0.1, 0.15) is 11.5 Å². The maximum atomic E-state index is 12.5. The Hall–Kier alpha value is -2.58. The number of sulfonamides is 1. The zero-order valence-corrected chi connectivity index (χ0v) is 17.2. The SMILES string of the molecule is CCOc1ccc(S(=O)(=O)NCC2CCN(C(=O)Oc3ccccc3)CC2)cc1. The minimum atomic E-state index is -3.57. The Bertz CT molecular complexity index is 892. The fourth-order valence-electron chi connectivity index (χ4n) is 3.17. The van der Waals surface area contributed by atoms with E-state index >= 15 is 0 Å². The van der Waals surface area contributed by atoms with E-state index in [1.54, 1.807) is 29.2 Å². The second kappa shape index (κ2) is 9.76. The third-order valence-electron chi connectivity index (χ3n) is 4.83. The molecular weight excluding hydrogens is 392 g/mol. The van der Waals surface area contributed by atoms with Crippen LogP contribution in [-0.2, 0) is 10.0 Å². The van der Waals surface area contributed by atoms with Crippen molar-refractivity contribution in [3.05, 3.63) is 54.6 Å². The van der Waals surface area contributed by atoms with E-state index in [0.717, 1.165) is 12.8 Å². The van der Waals surface area contributed by atoms with Gasteiger partial charge in [0.15, 0.2) is 0 Å². The number of nitrogens with zero attached hydrogens (tertiary/aromatic N) is 1. The Kier molecular flexibility index (Phi) is 7.11. The zero-order valence-electron chi connectivity index (χ0n) is 16.4. The lowest BCUT2D eigenvalue weighted by molar-refractivity contribution is 0.131. The molecular formula is C21H26N2O5S. The number of hydrogen-bond acceptors (Lipinski definition) is 5. The number of hydrogen-bond donors (Lipinski definition) is 1. The predicted octanol–water partition coefficient (Wildman–Crippen LogP) is 3.27. The smallest absolute Gasteiger partial charge is 0.415 e. The Labute approximate surface area is 171 Å². The van der Waals surface area contributed by atoms with Gasteiger partial charge in [0.2, 0.25) is 10.0 Å². The maximum Gasteiger partial charge on any atom is 0.415 e. The second-order valence-electron chi connectivity index (χ2n) is 6.87. The molecule has 2 aromatic rings. The van der Waals surface area contributed by atoms with Crippen LogP contribution in [0.4, 0.5) is 4.79 Å². The van der Waals surface area contributed by atoms with E-state index in [-0.39, 0.29) is 16.9 Å². The summed E-state index contributed by atoms with van der Waals surface area (Å²) in [7, 11) is -3.57. The lowest BCUT2D eigenvalue weighted by atomic mass is 9.97. The van der Waals surface area contributed by atoms with Crippen LogP contribution in [0.2, 0.25) is 0 Å². The minimum absolute atomic E-state index is 0.174. The first-order valence-electron chi connectivity index (χ1n) is 9.72. The van der Waals surface area contributed by atoms with Gasteiger partial charge in [-0.2, -0.15) is 0 Å². The van der Waals surface area contributed by atoms with E-state index in [1.807, 2.05) is 25.1 Å². The monoisotopic (exact) mass is 418 g/mol. The van der Waals surface area contributed by atoms with Crippen molar-refractivity contribution in [1.29, 1.82) is 0 Å². The molecule has 1 fully saturated rings. The molecule has 0 spiro atoms. The zero-order chi connectivity index (χ0) is 20.7. The highest BCUT2D eigenvalue weighted by Gasteiger charge is 2.25. The first-order valence-corrected chi connectivity index (χ1v) is 11.2. The quantitative estimate of drug-likeness (QED) is 0.746. The number of carbonyl (C=O) groups excluding carboxylic acids is 1. The van der Waals surface area contributed by atoms with Crippen LogP contribution in [0, 0.1) is 5.92 Å². The Morgan fingerprint density at radius 3 is 2.31 bits per heavy atom. The van der Waals surface area contributed by atoms with Crippen molar-refractivity contribution in [2.75, 3.05) is 26.2 Å². The number of amides is 1. The molecule has 0 atom stereocenters. The van der Waals surface area contributed by atoms with Gasteiger partial charge in [-0.05, 0) is 62.1 Å². The first kappa shape index (κ1) is 21.1. The molecule has 0 saturated carbocycles. The summed E-state index contributed by atoms with van der Waals surface area (Å²) in [4.78, 5) is 14.1. The molecule has 0 bridgehead atoms. The van der Waals surface area contributed by atoms with Crippen LogP contribution in [0.5, 0.6) is 11.5 Å². The Morgan fingerprint density at radius 1 is 1.03 bits per heavy atom. The van der Waals surface area contributed by atoms with Gasteiger partial charge in [0.05, 0.1) is 11.5 Å². The van der Waals surface area contributed by atoms with Crippen molar-refractivity contribution in [3.8, 4) is 11.5 Å². The van der Waals surface area contributed by atoms with Crippen molar-refractivity contribution in [2.45, 2.75) is 24.7 Å². The summed E-state index contributed by atoms with van der Waals surface area (Å²) in [6.45, 7) is 3.83. The van der Waals surface area contributed by atoms with Crippen molar-refractivity contribution in [2.24, 2.45) is 5.92 Å². The summed E-state index contributed by atoms with van der Waals surface area (Å²) < 4.78 is 38.3. The van der Waals surface area contributed by atoms with Crippen molar-refractivity contribution < 1.29 is 22.7 Å². The molecule has 156 valence electrons. The topological polar surface area (TPSA) is 84.9 Å². The highest BCUT2D eigenvalue weighted by atomic mass is 32.2. The summed E-state index contributed by atoms with van der Waals surface area (Å²) in [5, 5.41) is 0. The van der Waals surface area contributed by atoms with Gasteiger partial charge in [0.25, 0.3) is 0 Å². The third kappa shape index (κ3) is 5.95. The number of rotatable bonds is 7. The van der Waals surface area contributed by atoms with Gasteiger partial charge in [-0.1, -0.05) is 18.2 Å². The first-order chi connectivity index (χ1) is 14.0. The number of ether oxygens (including phenoxy) is 2. The van der Waals surface area contributed by atoms with E-state index in [1.165, 1.54) is 12.1 Å². The van der Waals surface area contributed by atoms with Crippen LogP contribution in [0.25, 0.3) is 0 Å². The number of likely N-dealkylation sites (tertiary alicyclic amines) is 1. The molecule has 0 aromatic heterocycles. The maximum absolute atomic E-state index is 12.5. The van der Waals surface area contributed by atoms with E-state index in [0.29, 0.717) is 37.7 Å². The highest BCUT2D eigenvalue weighted by molar-refractivity contribution is 7.89. The fraction of sp³-hybridized carbons (Fsp3) is 0.381. The molecule has 1 N–H and O–H groups in total. The largest absolute Gasteiger partial charge is 0.494 e. The normalized spacial score (nSPS) is 15.1. The van der Waals surface area contributed by atoms with E-state index in [2.05, 4.69) is 4.72 Å². The summed E-state index contributed by atoms with van der Waals surface area (Å²) in [6.07, 6.45) is 1.07. The predicted molar refractivity (Wildman–Crippen MR) is 110 cm³/mol. The lowest BCUT2D eigenvalue weighted by Crippen LogP contribution is -2.42. The van der Waals surface area contributed by atoms with Crippen LogP contribution < -0.4 is 14.2 Å². The van der Waals surface area contributed by atoms with E-state index in [4.69, 9.17) is 9.47 Å². The molecule has 0 radical (unpaired) electrons. The minimum Gasteiger partial charge on any atom is -0.494 e. The van der Waals surface area contributed by atoms with Gasteiger partial charge in [-0.3, -0.25) is 0 Å². The van der Waals surface area contributed by atoms with Crippen LogP contribution in [-0.4, -0.2) is 45.7 Å². The van der Waals surface area contributed by atoms with Gasteiger partial charge in [-0.25, -0.2) is 17.9 Å². The second-order valence-corrected chi connectivity index (χ2v) is 8.63. The molecule has 0 aliphatic carbocycles. The van der Waals surface area contributed by atoms with E-state index < -0.39 is 10.0 Å². The Balaban J connectivity index is 1.46. The highest BCUT2D eigenvalue weighted by Crippen LogP contribution is 2.20. The van der Waals surface area contributed by atoms with Gasteiger partial charge < -0.3 is 14.4 Å². The number of para-hydroxylation sites is 1. The molecule has 29 heavy (non-hydrogen) atoms. The summed E-state index contributed by atoms with van der Waals surface area (Å²) in [6, 6.07) is 15.3. The molecule has 0 unspecified atom stereocenters. The Morgan fingerprint density at radius 2 is 1.69 bits per heavy atom. The molecule has 3 rings (SSSR count). The molecule has 1 aliphatic rings. The van der Waals surface area contributed by atoms with Gasteiger partial charge in [-0.15, -0.1) is 0 Å². The summed E-state index contributed by atoms with van der Waals surface area (Å²) >= 11 is 0. The number of benzene rings is 2. The molecule has 1 saturated heterocycles. The molecule has 1 heterocycles. The van der Waals surface area contributed by atoms with Crippen LogP contribution in [0.3, 0.4) is 0 Å². The van der Waals surface area contributed by atoms with Crippen LogP contribution >= 0.6 is 0 Å². The van der Waals surface area contributed by atoms with Crippen LogP contribution in [0.15, 0.2) is 59.5 Å². The molecule has 1 aliphatic heterocycles. The van der Waals surface area contributed by atoms with Crippen molar-refractivity contribution >= 4 is 16.1 Å². The summed E-state index contributed by atoms with van der Waals surface area (Å²) in [5.41, 5.74) is 0. The van der Waals surface area contributed by atoms with Crippen LogP contribution in [0.1, 0.15) is 19.8 Å². The van der Waals surface area contributed by atoms with Gasteiger partial charge >= 0.3 is 6.09 Å². The lowest BCUT2D eigenvalue weighted by Gasteiger charge is -2.31. The summed E-state index contributed by atoms with van der Waals surface area (Å²) in [5.74, 6) is 1.33. The third-order valence-corrected chi connectivity index (χ3v) is 6.27. The number of carbonyl (C=O) groups is 1. The molecule has 8 heteroatoms. The number of nitrogens with one attached hydrogen (secondary N) is 1. The average Bonchev–Trinajstić information content (AvgIpc) is 2.74. The standard InChI is InChI=1S/C21H26N2O5S/c1-2-27-18-8-10-20(11-9-18)29(25,26)22-16-17-12-14-23(15-13-17)21(24)28-19-6-4-3-5-7-19/h3-11,17,22H,2,12-16H2,1H3. The average molecular weight is 419 g/mol. The molecule has 1 amide bonds. The van der Waals surface area contributed by atoms with E-state index in [9.17, 15) is 13.2 Å². The fourth-order valence-corrected chi connectivity index (χ4v) is 4.28. The van der Waals surface area contributed by atoms with Crippen molar-refractivity contribution in [1.82, 2.24) is 9.62 Å². The number of piperidine rings is 1. The van der Waals surface area contributed by atoms with Gasteiger partial charge in [0, 0.05) is 19.6 Å². The van der Waals surface area contributed by atoms with Crippen molar-refractivity contribution in [3.63, 3.8) is 0 Å². The molecule has 2 aromatic carbocycles. The molecule has 7 nitrogen and oxygen atoms in total.